The van der Waals surface area contributed by atoms with E-state index in [-0.39, 0.29) is 12.6 Å². The van der Waals surface area contributed by atoms with E-state index in [1.54, 1.807) is 12.1 Å². The predicted octanol–water partition coefficient (Wildman–Crippen LogP) is 3.37. The van der Waals surface area contributed by atoms with E-state index < -0.39 is 6.10 Å². The molecule has 2 amide bonds. The van der Waals surface area contributed by atoms with Gasteiger partial charge in [0.05, 0.1) is 16.8 Å². The van der Waals surface area contributed by atoms with E-state index in [1.165, 1.54) is 0 Å². The smallest absolute Gasteiger partial charge is 0.319 e. The Hall–Kier alpha value is -2.04. The van der Waals surface area contributed by atoms with E-state index in [2.05, 4.69) is 10.6 Å². The Bertz CT molecular complexity index is 632. The SMILES string of the molecule is Cc1ccc(Cl)c(NC(=O)NCC(O)Cc2ccccc2)c1. The number of aliphatic hydroxyl groups excluding tert-OH is 1. The number of halogens is 1. The molecule has 4 nitrogen and oxygen atoms in total. The van der Waals surface area contributed by atoms with Gasteiger partial charge in [-0.1, -0.05) is 48.0 Å². The Morgan fingerprint density at radius 3 is 2.68 bits per heavy atom. The van der Waals surface area contributed by atoms with Crippen LogP contribution in [-0.2, 0) is 6.42 Å². The fourth-order valence-corrected chi connectivity index (χ4v) is 2.24. The van der Waals surface area contributed by atoms with Crippen molar-refractivity contribution in [3.05, 3.63) is 64.7 Å². The van der Waals surface area contributed by atoms with Crippen LogP contribution >= 0.6 is 11.6 Å². The maximum atomic E-state index is 11.8. The minimum absolute atomic E-state index is 0.171. The second-order valence-electron chi connectivity index (χ2n) is 5.16. The van der Waals surface area contributed by atoms with Crippen LogP contribution in [0.4, 0.5) is 10.5 Å². The number of aryl methyl sites for hydroxylation is 1. The fourth-order valence-electron chi connectivity index (χ4n) is 2.07. The zero-order valence-electron chi connectivity index (χ0n) is 12.3. The summed E-state index contributed by atoms with van der Waals surface area (Å²) in [7, 11) is 0. The van der Waals surface area contributed by atoms with Gasteiger partial charge in [0.1, 0.15) is 0 Å². The molecule has 0 aliphatic rings. The molecule has 0 aliphatic heterocycles. The Labute approximate surface area is 135 Å². The highest BCUT2D eigenvalue weighted by atomic mass is 35.5. The van der Waals surface area contributed by atoms with E-state index in [0.717, 1.165) is 11.1 Å². The molecular weight excluding hydrogens is 300 g/mol. The van der Waals surface area contributed by atoms with Crippen molar-refractivity contribution in [1.82, 2.24) is 5.32 Å². The van der Waals surface area contributed by atoms with Gasteiger partial charge in [-0.15, -0.1) is 0 Å². The zero-order valence-corrected chi connectivity index (χ0v) is 13.1. The maximum Gasteiger partial charge on any atom is 0.319 e. The Kier molecular flexibility index (Phi) is 5.81. The first kappa shape index (κ1) is 16.3. The van der Waals surface area contributed by atoms with Gasteiger partial charge < -0.3 is 15.7 Å². The number of hydrogen-bond acceptors (Lipinski definition) is 2. The van der Waals surface area contributed by atoms with Crippen LogP contribution in [0, 0.1) is 6.92 Å². The van der Waals surface area contributed by atoms with Crippen molar-refractivity contribution in [3.8, 4) is 0 Å². The molecule has 0 radical (unpaired) electrons. The molecule has 2 aromatic carbocycles. The lowest BCUT2D eigenvalue weighted by Crippen LogP contribution is -2.36. The number of anilines is 1. The van der Waals surface area contributed by atoms with Crippen molar-refractivity contribution in [2.24, 2.45) is 0 Å². The fraction of sp³-hybridized carbons (Fsp3) is 0.235. The van der Waals surface area contributed by atoms with E-state index in [0.29, 0.717) is 17.1 Å². The third-order valence-electron chi connectivity index (χ3n) is 3.18. The van der Waals surface area contributed by atoms with Gasteiger partial charge in [0.25, 0.3) is 0 Å². The molecule has 2 rings (SSSR count). The number of carbonyl (C=O) groups excluding carboxylic acids is 1. The highest BCUT2D eigenvalue weighted by molar-refractivity contribution is 6.33. The van der Waals surface area contributed by atoms with Crippen molar-refractivity contribution in [2.45, 2.75) is 19.4 Å². The number of rotatable bonds is 5. The molecule has 22 heavy (non-hydrogen) atoms. The van der Waals surface area contributed by atoms with Crippen LogP contribution in [0.25, 0.3) is 0 Å². The second-order valence-corrected chi connectivity index (χ2v) is 5.57. The van der Waals surface area contributed by atoms with E-state index in [9.17, 15) is 9.90 Å². The third-order valence-corrected chi connectivity index (χ3v) is 3.51. The molecule has 0 saturated heterocycles. The lowest BCUT2D eigenvalue weighted by Gasteiger charge is -2.13. The van der Waals surface area contributed by atoms with Gasteiger partial charge in [0, 0.05) is 13.0 Å². The van der Waals surface area contributed by atoms with Crippen LogP contribution in [-0.4, -0.2) is 23.8 Å². The lowest BCUT2D eigenvalue weighted by molar-refractivity contribution is 0.172. The molecule has 2 aromatic rings. The van der Waals surface area contributed by atoms with Crippen LogP contribution in [0.15, 0.2) is 48.5 Å². The molecule has 0 aromatic heterocycles. The quantitative estimate of drug-likeness (QED) is 0.791. The summed E-state index contributed by atoms with van der Waals surface area (Å²) in [6, 6.07) is 14.6. The summed E-state index contributed by atoms with van der Waals surface area (Å²) in [6.45, 7) is 2.09. The molecule has 0 heterocycles. The van der Waals surface area contributed by atoms with Gasteiger partial charge in [-0.05, 0) is 30.2 Å². The molecular formula is C17H19ClN2O2. The summed E-state index contributed by atoms with van der Waals surface area (Å²) in [6.07, 6.45) is -0.145. The van der Waals surface area contributed by atoms with Crippen LogP contribution in [0.1, 0.15) is 11.1 Å². The molecule has 0 spiro atoms. The number of amides is 2. The van der Waals surface area contributed by atoms with Crippen LogP contribution < -0.4 is 10.6 Å². The summed E-state index contributed by atoms with van der Waals surface area (Å²) in [5.41, 5.74) is 2.58. The van der Waals surface area contributed by atoms with E-state index >= 15 is 0 Å². The van der Waals surface area contributed by atoms with Gasteiger partial charge >= 0.3 is 6.03 Å². The Balaban J connectivity index is 1.81. The van der Waals surface area contributed by atoms with Crippen molar-refractivity contribution >= 4 is 23.3 Å². The summed E-state index contributed by atoms with van der Waals surface area (Å²) in [5, 5.41) is 15.7. The number of hydrogen-bond donors (Lipinski definition) is 3. The second kappa shape index (κ2) is 7.82. The minimum atomic E-state index is -0.638. The van der Waals surface area contributed by atoms with Crippen molar-refractivity contribution in [3.63, 3.8) is 0 Å². The average Bonchev–Trinajstić information content (AvgIpc) is 2.50. The summed E-state index contributed by atoms with van der Waals surface area (Å²) in [5.74, 6) is 0. The molecule has 0 bridgehead atoms. The number of carbonyl (C=O) groups is 1. The summed E-state index contributed by atoms with van der Waals surface area (Å²) >= 11 is 6.02. The van der Waals surface area contributed by atoms with E-state index in [1.807, 2.05) is 43.3 Å². The Morgan fingerprint density at radius 1 is 1.23 bits per heavy atom. The van der Waals surface area contributed by atoms with E-state index in [4.69, 9.17) is 11.6 Å². The third kappa shape index (κ3) is 5.06. The van der Waals surface area contributed by atoms with Gasteiger partial charge in [-0.3, -0.25) is 0 Å². The summed E-state index contributed by atoms with van der Waals surface area (Å²) < 4.78 is 0. The molecule has 1 unspecified atom stereocenters. The van der Waals surface area contributed by atoms with Crippen LogP contribution in [0.3, 0.4) is 0 Å². The molecule has 0 fully saturated rings. The molecule has 0 aliphatic carbocycles. The first-order valence-corrected chi connectivity index (χ1v) is 7.45. The normalized spacial score (nSPS) is 11.8. The first-order valence-electron chi connectivity index (χ1n) is 7.07. The van der Waals surface area contributed by atoms with Crippen molar-refractivity contribution in [2.75, 3.05) is 11.9 Å². The van der Waals surface area contributed by atoms with Crippen LogP contribution in [0.5, 0.6) is 0 Å². The number of urea groups is 1. The topological polar surface area (TPSA) is 61.4 Å². The first-order chi connectivity index (χ1) is 10.5. The predicted molar refractivity (Wildman–Crippen MR) is 89.4 cm³/mol. The molecule has 0 saturated carbocycles. The maximum absolute atomic E-state index is 11.8. The minimum Gasteiger partial charge on any atom is -0.391 e. The van der Waals surface area contributed by atoms with Crippen molar-refractivity contribution < 1.29 is 9.90 Å². The van der Waals surface area contributed by atoms with Gasteiger partial charge in [0.15, 0.2) is 0 Å². The Morgan fingerprint density at radius 2 is 1.95 bits per heavy atom. The molecule has 116 valence electrons. The van der Waals surface area contributed by atoms with Gasteiger partial charge in [-0.2, -0.15) is 0 Å². The summed E-state index contributed by atoms with van der Waals surface area (Å²) in [4.78, 5) is 11.8. The number of nitrogens with one attached hydrogen (secondary N) is 2. The molecule has 3 N–H and O–H groups in total. The van der Waals surface area contributed by atoms with Gasteiger partial charge in [-0.25, -0.2) is 4.79 Å². The van der Waals surface area contributed by atoms with Gasteiger partial charge in [0.2, 0.25) is 0 Å². The standard InChI is InChI=1S/C17H19ClN2O2/c1-12-7-8-15(18)16(9-12)20-17(22)19-11-14(21)10-13-5-3-2-4-6-13/h2-9,14,21H,10-11H2,1H3,(H2,19,20,22). The monoisotopic (exact) mass is 318 g/mol. The van der Waals surface area contributed by atoms with Crippen molar-refractivity contribution in [1.29, 1.82) is 0 Å². The average molecular weight is 319 g/mol. The zero-order chi connectivity index (χ0) is 15.9. The largest absolute Gasteiger partial charge is 0.391 e. The molecule has 5 heteroatoms. The van der Waals surface area contributed by atoms with Crippen LogP contribution in [0.2, 0.25) is 5.02 Å². The number of aliphatic hydroxyl groups is 1. The lowest BCUT2D eigenvalue weighted by atomic mass is 10.1. The molecule has 1 atom stereocenters. The highest BCUT2D eigenvalue weighted by Crippen LogP contribution is 2.22. The number of benzene rings is 2. The highest BCUT2D eigenvalue weighted by Gasteiger charge is 2.09.